The highest BCUT2D eigenvalue weighted by Gasteiger charge is 2.24. The van der Waals surface area contributed by atoms with Gasteiger partial charge in [0.2, 0.25) is 5.75 Å². The van der Waals surface area contributed by atoms with Gasteiger partial charge < -0.3 is 19.3 Å². The second-order valence-electron chi connectivity index (χ2n) is 7.71. The van der Waals surface area contributed by atoms with Gasteiger partial charge in [0, 0.05) is 11.5 Å². The summed E-state index contributed by atoms with van der Waals surface area (Å²) in [5.74, 6) is -0.173. The summed E-state index contributed by atoms with van der Waals surface area (Å²) >= 11 is 0. The molecule has 0 spiro atoms. The van der Waals surface area contributed by atoms with Crippen molar-refractivity contribution in [2.45, 2.75) is 19.3 Å². The Kier molecular flexibility index (Phi) is 8.08. The molecule has 0 heterocycles. The summed E-state index contributed by atoms with van der Waals surface area (Å²) in [6, 6.07) is 20.0. The van der Waals surface area contributed by atoms with Crippen molar-refractivity contribution in [3.8, 4) is 17.2 Å². The zero-order chi connectivity index (χ0) is 23.8. The number of aryl methyl sites for hydroxylation is 1. The van der Waals surface area contributed by atoms with Gasteiger partial charge in [0.1, 0.15) is 0 Å². The van der Waals surface area contributed by atoms with E-state index in [0.717, 1.165) is 17.5 Å². The Hall–Kier alpha value is -3.80. The van der Waals surface area contributed by atoms with E-state index in [-0.39, 0.29) is 17.3 Å². The van der Waals surface area contributed by atoms with E-state index in [1.165, 1.54) is 21.3 Å². The normalized spacial score (nSPS) is 11.5. The molecule has 6 heteroatoms. The molecular weight excluding hydrogens is 420 g/mol. The highest BCUT2D eigenvalue weighted by atomic mass is 16.5. The quantitative estimate of drug-likeness (QED) is 0.412. The van der Waals surface area contributed by atoms with E-state index in [2.05, 4.69) is 0 Å². The Labute approximate surface area is 193 Å². The lowest BCUT2D eigenvalue weighted by Crippen LogP contribution is -2.19. The number of aromatic carboxylic acids is 1. The maximum absolute atomic E-state index is 13.7. The van der Waals surface area contributed by atoms with Crippen LogP contribution in [0.5, 0.6) is 17.2 Å². The number of methoxy groups -OCH3 is 3. The number of carbonyl (C=O) groups is 2. The second-order valence-corrected chi connectivity index (χ2v) is 7.71. The Morgan fingerprint density at radius 2 is 1.42 bits per heavy atom. The van der Waals surface area contributed by atoms with E-state index in [9.17, 15) is 14.7 Å². The van der Waals surface area contributed by atoms with Gasteiger partial charge in [0.25, 0.3) is 0 Å². The highest BCUT2D eigenvalue weighted by Crippen LogP contribution is 2.39. The maximum atomic E-state index is 13.7. The third-order valence-corrected chi connectivity index (χ3v) is 5.60. The summed E-state index contributed by atoms with van der Waals surface area (Å²) < 4.78 is 16.2. The number of ketones is 1. The minimum absolute atomic E-state index is 0.0640. The SMILES string of the molecule is COc1cc(C(=O)C(CCc2ccccc2)Cc2cccc(C(=O)O)c2)cc(OC)c1OC. The molecule has 3 rings (SSSR count). The average Bonchev–Trinajstić information content (AvgIpc) is 2.85. The van der Waals surface area contributed by atoms with Crippen LogP contribution in [0.2, 0.25) is 0 Å². The van der Waals surface area contributed by atoms with Crippen LogP contribution in [0.4, 0.5) is 0 Å². The summed E-state index contributed by atoms with van der Waals surface area (Å²) in [7, 11) is 4.53. The molecule has 0 aliphatic rings. The summed E-state index contributed by atoms with van der Waals surface area (Å²) in [6.07, 6.45) is 1.75. The van der Waals surface area contributed by atoms with Crippen molar-refractivity contribution in [3.63, 3.8) is 0 Å². The van der Waals surface area contributed by atoms with Crippen LogP contribution < -0.4 is 14.2 Å². The molecule has 3 aromatic rings. The van der Waals surface area contributed by atoms with Gasteiger partial charge in [-0.3, -0.25) is 4.79 Å². The number of ether oxygens (including phenoxy) is 3. The van der Waals surface area contributed by atoms with Gasteiger partial charge in [-0.15, -0.1) is 0 Å². The van der Waals surface area contributed by atoms with Gasteiger partial charge >= 0.3 is 5.97 Å². The topological polar surface area (TPSA) is 82.1 Å². The molecule has 6 nitrogen and oxygen atoms in total. The number of carboxylic acid groups (broad SMARTS) is 1. The van der Waals surface area contributed by atoms with Crippen LogP contribution in [-0.2, 0) is 12.8 Å². The van der Waals surface area contributed by atoms with Crippen LogP contribution in [0.25, 0.3) is 0 Å². The largest absolute Gasteiger partial charge is 0.493 e. The summed E-state index contributed by atoms with van der Waals surface area (Å²) in [6.45, 7) is 0. The van der Waals surface area contributed by atoms with Crippen molar-refractivity contribution in [2.75, 3.05) is 21.3 Å². The average molecular weight is 449 g/mol. The van der Waals surface area contributed by atoms with Gasteiger partial charge in [-0.25, -0.2) is 4.79 Å². The maximum Gasteiger partial charge on any atom is 0.335 e. The van der Waals surface area contributed by atoms with Crippen molar-refractivity contribution in [1.82, 2.24) is 0 Å². The molecule has 0 saturated carbocycles. The number of carbonyl (C=O) groups excluding carboxylic acids is 1. The fraction of sp³-hybridized carbons (Fsp3) is 0.259. The van der Waals surface area contributed by atoms with Crippen LogP contribution in [0, 0.1) is 5.92 Å². The lowest BCUT2D eigenvalue weighted by Gasteiger charge is -2.19. The van der Waals surface area contributed by atoms with Crippen LogP contribution in [0.3, 0.4) is 0 Å². The van der Waals surface area contributed by atoms with E-state index in [1.54, 1.807) is 30.3 Å². The van der Waals surface area contributed by atoms with E-state index in [0.29, 0.717) is 35.7 Å². The van der Waals surface area contributed by atoms with Crippen LogP contribution >= 0.6 is 0 Å². The third kappa shape index (κ3) is 5.92. The predicted molar refractivity (Wildman–Crippen MR) is 126 cm³/mol. The molecule has 3 aromatic carbocycles. The molecule has 1 atom stereocenters. The molecule has 172 valence electrons. The number of rotatable bonds is 11. The molecule has 1 N–H and O–H groups in total. The van der Waals surface area contributed by atoms with Crippen molar-refractivity contribution < 1.29 is 28.9 Å². The van der Waals surface area contributed by atoms with Gasteiger partial charge in [0.15, 0.2) is 17.3 Å². The first kappa shape index (κ1) is 23.9. The zero-order valence-electron chi connectivity index (χ0n) is 19.0. The molecule has 0 amide bonds. The van der Waals surface area contributed by atoms with E-state index >= 15 is 0 Å². The molecule has 0 aliphatic carbocycles. The molecule has 33 heavy (non-hydrogen) atoms. The van der Waals surface area contributed by atoms with Gasteiger partial charge in [-0.2, -0.15) is 0 Å². The van der Waals surface area contributed by atoms with Gasteiger partial charge in [-0.1, -0.05) is 42.5 Å². The summed E-state index contributed by atoms with van der Waals surface area (Å²) in [5, 5.41) is 9.34. The van der Waals surface area contributed by atoms with E-state index in [1.807, 2.05) is 36.4 Å². The van der Waals surface area contributed by atoms with Crippen molar-refractivity contribution >= 4 is 11.8 Å². The highest BCUT2D eigenvalue weighted by molar-refractivity contribution is 5.99. The van der Waals surface area contributed by atoms with Crippen molar-refractivity contribution in [1.29, 1.82) is 0 Å². The number of hydrogen-bond acceptors (Lipinski definition) is 5. The minimum Gasteiger partial charge on any atom is -0.493 e. The third-order valence-electron chi connectivity index (χ3n) is 5.60. The lowest BCUT2D eigenvalue weighted by molar-refractivity contribution is 0.0696. The molecule has 0 aromatic heterocycles. The number of carboxylic acids is 1. The van der Waals surface area contributed by atoms with Crippen molar-refractivity contribution in [3.05, 3.63) is 89.0 Å². The number of benzene rings is 3. The fourth-order valence-corrected chi connectivity index (χ4v) is 3.89. The van der Waals surface area contributed by atoms with Crippen LogP contribution in [0.1, 0.15) is 38.3 Å². The summed E-state index contributed by atoms with van der Waals surface area (Å²) in [5.41, 5.74) is 2.60. The minimum atomic E-state index is -0.992. The zero-order valence-corrected chi connectivity index (χ0v) is 19.0. The Morgan fingerprint density at radius 3 is 2.00 bits per heavy atom. The van der Waals surface area contributed by atoms with Gasteiger partial charge in [-0.05, 0) is 54.7 Å². The van der Waals surface area contributed by atoms with E-state index < -0.39 is 5.97 Å². The number of hydrogen-bond donors (Lipinski definition) is 1. The van der Waals surface area contributed by atoms with Crippen LogP contribution in [-0.4, -0.2) is 38.2 Å². The number of Topliss-reactive ketones (excluding diaryl/α,β-unsaturated/α-hetero) is 1. The molecule has 0 bridgehead atoms. The fourth-order valence-electron chi connectivity index (χ4n) is 3.89. The first-order valence-electron chi connectivity index (χ1n) is 10.7. The van der Waals surface area contributed by atoms with Crippen LogP contribution in [0.15, 0.2) is 66.7 Å². The van der Waals surface area contributed by atoms with Crippen molar-refractivity contribution in [2.24, 2.45) is 5.92 Å². The molecule has 0 saturated heterocycles. The molecule has 0 fully saturated rings. The second kappa shape index (κ2) is 11.2. The molecule has 0 aliphatic heterocycles. The first-order chi connectivity index (χ1) is 16.0. The summed E-state index contributed by atoms with van der Waals surface area (Å²) in [4.78, 5) is 25.1. The molecule has 1 unspecified atom stereocenters. The van der Waals surface area contributed by atoms with E-state index in [4.69, 9.17) is 14.2 Å². The lowest BCUT2D eigenvalue weighted by atomic mass is 9.86. The Balaban J connectivity index is 1.94. The van der Waals surface area contributed by atoms with Gasteiger partial charge in [0.05, 0.1) is 26.9 Å². The Bertz CT molecular complexity index is 1080. The predicted octanol–water partition coefficient (Wildman–Crippen LogP) is 5.09. The molecule has 0 radical (unpaired) electrons. The first-order valence-corrected chi connectivity index (χ1v) is 10.7. The smallest absolute Gasteiger partial charge is 0.335 e. The Morgan fingerprint density at radius 1 is 0.788 bits per heavy atom. The monoisotopic (exact) mass is 448 g/mol. The molecular formula is C27H28O6. The standard InChI is InChI=1S/C27H28O6/c1-31-23-16-22(17-24(32-2)26(23)33-3)25(28)20(13-12-18-8-5-4-6-9-18)14-19-10-7-11-21(15-19)27(29)30/h4-11,15-17,20H,12-14H2,1-3H3,(H,29,30).